The van der Waals surface area contributed by atoms with Crippen LogP contribution in [0.15, 0.2) is 83.8 Å². The molecule has 144 valence electrons. The molecule has 3 aromatic rings. The van der Waals surface area contributed by atoms with E-state index >= 15 is 0 Å². The molecule has 0 aliphatic carbocycles. The Morgan fingerprint density at radius 1 is 0.893 bits per heavy atom. The molecule has 0 spiro atoms. The molecule has 3 rings (SSSR count). The van der Waals surface area contributed by atoms with Crippen molar-refractivity contribution >= 4 is 21.6 Å². The number of benzene rings is 3. The number of sulfonamides is 1. The predicted molar refractivity (Wildman–Crippen MR) is 102 cm³/mol. The van der Waals surface area contributed by atoms with E-state index in [-0.39, 0.29) is 22.8 Å². The zero-order valence-electron chi connectivity index (χ0n) is 14.6. The lowest BCUT2D eigenvalue weighted by Gasteiger charge is -2.10. The van der Waals surface area contributed by atoms with Gasteiger partial charge >= 0.3 is 0 Å². The predicted octanol–water partition coefficient (Wildman–Crippen LogP) is 3.49. The molecule has 3 aromatic carbocycles. The van der Waals surface area contributed by atoms with Crippen molar-refractivity contribution in [2.45, 2.75) is 11.5 Å². The second kappa shape index (κ2) is 8.64. The normalized spacial score (nSPS) is 11.0. The van der Waals surface area contributed by atoms with Crippen LogP contribution in [-0.2, 0) is 21.5 Å². The average molecular weight is 400 g/mol. The largest absolute Gasteiger partial charge is 0.277 e. The van der Waals surface area contributed by atoms with Gasteiger partial charge < -0.3 is 0 Å². The van der Waals surface area contributed by atoms with Crippen LogP contribution in [0.2, 0.25) is 0 Å². The summed E-state index contributed by atoms with van der Waals surface area (Å²) in [6, 6.07) is 20.0. The van der Waals surface area contributed by atoms with Gasteiger partial charge in [-0.2, -0.15) is 0 Å². The van der Waals surface area contributed by atoms with E-state index in [2.05, 4.69) is 10.2 Å². The molecule has 0 saturated heterocycles. The topological polar surface area (TPSA) is 84.5 Å². The quantitative estimate of drug-likeness (QED) is 0.595. The molecule has 1 amide bonds. The van der Waals surface area contributed by atoms with E-state index < -0.39 is 21.7 Å². The molecule has 0 aliphatic heterocycles. The molecule has 28 heavy (non-hydrogen) atoms. The third kappa shape index (κ3) is 4.93. The van der Waals surface area contributed by atoms with Crippen LogP contribution in [0, 0.1) is 5.82 Å². The van der Waals surface area contributed by atoms with Gasteiger partial charge in [0.1, 0.15) is 5.82 Å². The maximum Gasteiger partial charge on any atom is 0.274 e. The number of hydrogen-bond acceptors (Lipinski definition) is 4. The first-order chi connectivity index (χ1) is 13.5. The highest BCUT2D eigenvalue weighted by Crippen LogP contribution is 2.19. The fourth-order valence-corrected chi connectivity index (χ4v) is 3.42. The molecule has 0 bridgehead atoms. The number of rotatable bonds is 7. The van der Waals surface area contributed by atoms with Crippen molar-refractivity contribution in [3.63, 3.8) is 0 Å². The van der Waals surface area contributed by atoms with Gasteiger partial charge in [0.05, 0.1) is 17.2 Å². The Bertz CT molecular complexity index is 1060. The number of anilines is 1. The van der Waals surface area contributed by atoms with Gasteiger partial charge in [-0.1, -0.05) is 42.5 Å². The summed E-state index contributed by atoms with van der Waals surface area (Å²) in [7, 11) is -3.98. The molecule has 0 fully saturated rings. The summed E-state index contributed by atoms with van der Waals surface area (Å²) in [6.07, 6.45) is 0. The maximum absolute atomic E-state index is 13.7. The van der Waals surface area contributed by atoms with E-state index in [0.717, 1.165) is 11.6 Å². The Morgan fingerprint density at radius 2 is 1.54 bits per heavy atom. The van der Waals surface area contributed by atoms with Crippen LogP contribution < -0.4 is 10.2 Å². The van der Waals surface area contributed by atoms with Crippen molar-refractivity contribution in [1.82, 2.24) is 5.48 Å². The van der Waals surface area contributed by atoms with Gasteiger partial charge in [0.2, 0.25) is 0 Å². The number of hydrogen-bond donors (Lipinski definition) is 2. The Morgan fingerprint density at radius 3 is 2.21 bits per heavy atom. The molecule has 0 radical (unpaired) electrons. The number of halogens is 1. The van der Waals surface area contributed by atoms with Gasteiger partial charge in [-0.05, 0) is 42.0 Å². The zero-order chi connectivity index (χ0) is 20.0. The minimum absolute atomic E-state index is 0.0995. The second-order valence-corrected chi connectivity index (χ2v) is 7.50. The van der Waals surface area contributed by atoms with Gasteiger partial charge in [-0.3, -0.25) is 14.4 Å². The Balaban J connectivity index is 1.62. The van der Waals surface area contributed by atoms with Crippen LogP contribution in [0.3, 0.4) is 0 Å². The van der Waals surface area contributed by atoms with Gasteiger partial charge in [-0.25, -0.2) is 18.3 Å². The van der Waals surface area contributed by atoms with Crippen molar-refractivity contribution in [1.29, 1.82) is 0 Å². The molecule has 0 unspecified atom stereocenters. The molecule has 0 heterocycles. The second-order valence-electron chi connectivity index (χ2n) is 5.82. The first-order valence-corrected chi connectivity index (χ1v) is 9.77. The molecule has 0 saturated carbocycles. The molecule has 6 nitrogen and oxygen atoms in total. The first-order valence-electron chi connectivity index (χ1n) is 8.29. The van der Waals surface area contributed by atoms with Crippen molar-refractivity contribution in [2.75, 3.05) is 4.72 Å². The number of carbonyl (C=O) groups excluding carboxylic acids is 1. The van der Waals surface area contributed by atoms with Crippen LogP contribution >= 0.6 is 0 Å². The number of para-hydroxylation sites is 1. The third-order valence-corrected chi connectivity index (χ3v) is 5.17. The fraction of sp³-hybridized carbons (Fsp3) is 0.0500. The molecule has 0 aromatic heterocycles. The minimum Gasteiger partial charge on any atom is -0.277 e. The molecule has 8 heteroatoms. The van der Waals surface area contributed by atoms with E-state index in [1.807, 2.05) is 30.3 Å². The van der Waals surface area contributed by atoms with Crippen molar-refractivity contribution in [2.24, 2.45) is 0 Å². The lowest BCUT2D eigenvalue weighted by Crippen LogP contribution is -2.23. The number of carbonyl (C=O) groups is 1. The van der Waals surface area contributed by atoms with Crippen molar-refractivity contribution in [3.8, 4) is 0 Å². The standard InChI is InChI=1S/C20H17FN2O4S/c21-18-8-4-5-9-19(18)23-28(25,26)17-12-10-16(11-13-17)20(24)22-27-14-15-6-2-1-3-7-15/h1-13,23H,14H2,(H,22,24). The zero-order valence-corrected chi connectivity index (χ0v) is 15.4. The fourth-order valence-electron chi connectivity index (χ4n) is 2.35. The molecule has 2 N–H and O–H groups in total. The van der Waals surface area contributed by atoms with E-state index in [1.54, 1.807) is 0 Å². The van der Waals surface area contributed by atoms with Crippen molar-refractivity contribution < 1.29 is 22.4 Å². The summed E-state index contributed by atoms with van der Waals surface area (Å²) in [5.41, 5.74) is 3.26. The summed E-state index contributed by atoms with van der Waals surface area (Å²) >= 11 is 0. The highest BCUT2D eigenvalue weighted by Gasteiger charge is 2.17. The van der Waals surface area contributed by atoms with Crippen LogP contribution in [-0.4, -0.2) is 14.3 Å². The van der Waals surface area contributed by atoms with Crippen LogP contribution in [0.4, 0.5) is 10.1 Å². The Kier molecular flexibility index (Phi) is 6.03. The molecule has 0 aliphatic rings. The smallest absolute Gasteiger partial charge is 0.274 e. The van der Waals surface area contributed by atoms with Crippen LogP contribution in [0.25, 0.3) is 0 Å². The monoisotopic (exact) mass is 400 g/mol. The highest BCUT2D eigenvalue weighted by atomic mass is 32.2. The lowest BCUT2D eigenvalue weighted by atomic mass is 10.2. The van der Waals surface area contributed by atoms with Crippen molar-refractivity contribution in [3.05, 3.63) is 95.8 Å². The maximum atomic E-state index is 13.7. The van der Waals surface area contributed by atoms with Gasteiger partial charge in [-0.15, -0.1) is 0 Å². The van der Waals surface area contributed by atoms with Crippen LogP contribution in [0.1, 0.15) is 15.9 Å². The Hall–Kier alpha value is -3.23. The third-order valence-electron chi connectivity index (χ3n) is 3.79. The average Bonchev–Trinajstić information content (AvgIpc) is 2.70. The van der Waals surface area contributed by atoms with E-state index in [0.29, 0.717) is 0 Å². The summed E-state index contributed by atoms with van der Waals surface area (Å²) < 4.78 is 40.6. The summed E-state index contributed by atoms with van der Waals surface area (Å²) in [6.45, 7) is 0.200. The van der Waals surface area contributed by atoms with Crippen LogP contribution in [0.5, 0.6) is 0 Å². The summed E-state index contributed by atoms with van der Waals surface area (Å²) in [5.74, 6) is -1.19. The van der Waals surface area contributed by atoms with E-state index in [9.17, 15) is 17.6 Å². The molecular weight excluding hydrogens is 383 g/mol. The molecular formula is C20H17FN2O4S. The van der Waals surface area contributed by atoms with Gasteiger partial charge in [0.15, 0.2) is 0 Å². The van der Waals surface area contributed by atoms with Gasteiger partial charge in [0.25, 0.3) is 15.9 Å². The number of amides is 1. The first kappa shape index (κ1) is 19.5. The minimum atomic E-state index is -3.98. The van der Waals surface area contributed by atoms with E-state index in [1.165, 1.54) is 42.5 Å². The SMILES string of the molecule is O=C(NOCc1ccccc1)c1ccc(S(=O)(=O)Nc2ccccc2F)cc1. The Labute approximate surface area is 162 Å². The highest BCUT2D eigenvalue weighted by molar-refractivity contribution is 7.92. The number of hydroxylamine groups is 1. The molecule has 0 atom stereocenters. The van der Waals surface area contributed by atoms with Gasteiger partial charge in [0, 0.05) is 5.56 Å². The summed E-state index contributed by atoms with van der Waals surface area (Å²) in [5, 5.41) is 0. The summed E-state index contributed by atoms with van der Waals surface area (Å²) in [4.78, 5) is 17.1. The number of nitrogens with one attached hydrogen (secondary N) is 2. The lowest BCUT2D eigenvalue weighted by molar-refractivity contribution is 0.0233. The van der Waals surface area contributed by atoms with E-state index in [4.69, 9.17) is 4.84 Å².